The van der Waals surface area contributed by atoms with Crippen molar-refractivity contribution in [3.8, 4) is 5.75 Å². The lowest BCUT2D eigenvalue weighted by Crippen LogP contribution is -2.39. The second kappa shape index (κ2) is 5.59. The van der Waals surface area contributed by atoms with Gasteiger partial charge < -0.3 is 20.5 Å². The molecule has 18 heavy (non-hydrogen) atoms. The molecular weight excluding hydrogens is 228 g/mol. The van der Waals surface area contributed by atoms with Gasteiger partial charge in [-0.3, -0.25) is 0 Å². The summed E-state index contributed by atoms with van der Waals surface area (Å²) in [7, 11) is 1.75. The molecule has 0 saturated carbocycles. The van der Waals surface area contributed by atoms with Gasteiger partial charge in [0.25, 0.3) is 0 Å². The average Bonchev–Trinajstić information content (AvgIpc) is 2.38. The molecule has 100 valence electrons. The first-order valence-corrected chi connectivity index (χ1v) is 6.48. The molecule has 0 radical (unpaired) electrons. The van der Waals surface area contributed by atoms with E-state index >= 15 is 0 Å². The minimum Gasteiger partial charge on any atom is -0.508 e. The second-order valence-corrected chi connectivity index (χ2v) is 4.98. The molecule has 0 aromatic heterocycles. The Hall–Kier alpha value is -1.26. The minimum atomic E-state index is -0.146. The van der Waals surface area contributed by atoms with Crippen LogP contribution < -0.4 is 10.6 Å². The van der Waals surface area contributed by atoms with Crippen molar-refractivity contribution in [3.05, 3.63) is 23.8 Å². The van der Waals surface area contributed by atoms with Gasteiger partial charge in [0.1, 0.15) is 5.75 Å². The third-order valence-electron chi connectivity index (χ3n) is 3.58. The molecular formula is C14H22N2O2. The van der Waals surface area contributed by atoms with Crippen molar-refractivity contribution in [1.29, 1.82) is 0 Å². The van der Waals surface area contributed by atoms with E-state index in [-0.39, 0.29) is 17.9 Å². The van der Waals surface area contributed by atoms with E-state index in [2.05, 4.69) is 4.90 Å². The molecule has 1 heterocycles. The maximum absolute atomic E-state index is 9.98. The molecule has 3 N–H and O–H groups in total. The summed E-state index contributed by atoms with van der Waals surface area (Å²) in [5, 5.41) is 9.98. The predicted molar refractivity (Wildman–Crippen MR) is 73.0 cm³/mol. The fourth-order valence-corrected chi connectivity index (χ4v) is 2.48. The van der Waals surface area contributed by atoms with Crippen molar-refractivity contribution < 1.29 is 9.84 Å². The maximum atomic E-state index is 9.98. The molecule has 0 bridgehead atoms. The van der Waals surface area contributed by atoms with E-state index in [4.69, 9.17) is 10.5 Å². The highest BCUT2D eigenvalue weighted by molar-refractivity contribution is 5.54. The van der Waals surface area contributed by atoms with Gasteiger partial charge in [-0.25, -0.2) is 0 Å². The molecule has 1 aromatic rings. The molecule has 0 spiro atoms. The largest absolute Gasteiger partial charge is 0.508 e. The Morgan fingerprint density at radius 1 is 1.50 bits per heavy atom. The van der Waals surface area contributed by atoms with Crippen LogP contribution in [0.3, 0.4) is 0 Å². The van der Waals surface area contributed by atoms with Crippen LogP contribution in [0.25, 0.3) is 0 Å². The van der Waals surface area contributed by atoms with Crippen molar-refractivity contribution in [2.45, 2.75) is 31.9 Å². The Balaban J connectivity index is 2.16. The lowest BCUT2D eigenvalue weighted by atomic mass is 10.0. The van der Waals surface area contributed by atoms with E-state index in [1.807, 2.05) is 19.1 Å². The number of aromatic hydroxyl groups is 1. The third-order valence-corrected chi connectivity index (χ3v) is 3.58. The summed E-state index contributed by atoms with van der Waals surface area (Å²) in [6, 6.07) is 5.59. The Labute approximate surface area is 108 Å². The number of nitrogens with zero attached hydrogens (tertiary/aromatic N) is 1. The monoisotopic (exact) mass is 250 g/mol. The summed E-state index contributed by atoms with van der Waals surface area (Å²) in [6.45, 7) is 3.76. The van der Waals surface area contributed by atoms with Gasteiger partial charge >= 0.3 is 0 Å². The zero-order chi connectivity index (χ0) is 13.1. The summed E-state index contributed by atoms with van der Waals surface area (Å²) >= 11 is 0. The first kappa shape index (κ1) is 13.2. The smallest absolute Gasteiger partial charge is 0.122 e. The fraction of sp³-hybridized carbons (Fsp3) is 0.571. The molecule has 4 heteroatoms. The molecule has 1 aromatic carbocycles. The van der Waals surface area contributed by atoms with Crippen LogP contribution in [0, 0.1) is 0 Å². The van der Waals surface area contributed by atoms with Gasteiger partial charge in [0, 0.05) is 43.6 Å². The molecule has 2 rings (SSSR count). The van der Waals surface area contributed by atoms with E-state index in [0.717, 1.165) is 37.2 Å². The van der Waals surface area contributed by atoms with Gasteiger partial charge in [0.2, 0.25) is 0 Å². The highest BCUT2D eigenvalue weighted by Crippen LogP contribution is 2.29. The van der Waals surface area contributed by atoms with Gasteiger partial charge in [-0.15, -0.1) is 0 Å². The molecule has 0 aliphatic carbocycles. The summed E-state index contributed by atoms with van der Waals surface area (Å²) < 4.78 is 5.41. The zero-order valence-corrected chi connectivity index (χ0v) is 11.1. The number of hydrogen-bond acceptors (Lipinski definition) is 4. The van der Waals surface area contributed by atoms with Crippen LogP contribution >= 0.6 is 0 Å². The number of anilines is 1. The maximum Gasteiger partial charge on any atom is 0.122 e. The standard InChI is InChI=1S/C14H22N2O2/c1-10(15)13-6-5-11(8-14(13)17)16-7-3-4-12(9-16)18-2/h5-6,8,10,12,17H,3-4,7,9,15H2,1-2H3. The van der Waals surface area contributed by atoms with Crippen molar-refractivity contribution >= 4 is 5.69 Å². The van der Waals surface area contributed by atoms with E-state index in [0.29, 0.717) is 0 Å². The van der Waals surface area contributed by atoms with Crippen LogP contribution in [0.1, 0.15) is 31.4 Å². The Bertz CT molecular complexity index is 407. The topological polar surface area (TPSA) is 58.7 Å². The lowest BCUT2D eigenvalue weighted by molar-refractivity contribution is 0.0893. The zero-order valence-electron chi connectivity index (χ0n) is 11.1. The Morgan fingerprint density at radius 2 is 2.28 bits per heavy atom. The molecule has 1 aliphatic rings. The molecule has 1 fully saturated rings. The Kier molecular flexibility index (Phi) is 4.09. The number of benzene rings is 1. The van der Waals surface area contributed by atoms with Gasteiger partial charge in [-0.2, -0.15) is 0 Å². The minimum absolute atomic E-state index is 0.146. The molecule has 1 saturated heterocycles. The van der Waals surface area contributed by atoms with Crippen LogP contribution in [0.5, 0.6) is 5.75 Å². The quantitative estimate of drug-likeness (QED) is 0.861. The summed E-state index contributed by atoms with van der Waals surface area (Å²) in [5.41, 5.74) is 7.62. The van der Waals surface area contributed by atoms with Crippen LogP contribution in [0.15, 0.2) is 18.2 Å². The normalized spacial score (nSPS) is 21.9. The first-order valence-electron chi connectivity index (χ1n) is 6.48. The van der Waals surface area contributed by atoms with E-state index < -0.39 is 0 Å². The molecule has 0 amide bonds. The number of phenolic OH excluding ortho intramolecular Hbond substituents is 1. The van der Waals surface area contributed by atoms with Crippen LogP contribution in [-0.4, -0.2) is 31.4 Å². The van der Waals surface area contributed by atoms with Gasteiger partial charge in [-0.05, 0) is 25.8 Å². The summed E-state index contributed by atoms with van der Waals surface area (Å²) in [6.07, 6.45) is 2.51. The first-order chi connectivity index (χ1) is 8.61. The lowest BCUT2D eigenvalue weighted by Gasteiger charge is -2.33. The summed E-state index contributed by atoms with van der Waals surface area (Å²) in [5.74, 6) is 0.280. The van der Waals surface area contributed by atoms with Gasteiger partial charge in [-0.1, -0.05) is 6.07 Å². The SMILES string of the molecule is COC1CCCN(c2ccc(C(C)N)c(O)c2)C1. The molecule has 2 unspecified atom stereocenters. The van der Waals surface area contributed by atoms with E-state index in [1.165, 1.54) is 0 Å². The number of nitrogens with two attached hydrogens (primary N) is 1. The van der Waals surface area contributed by atoms with Crippen molar-refractivity contribution in [1.82, 2.24) is 0 Å². The van der Waals surface area contributed by atoms with Crippen LogP contribution in [0.4, 0.5) is 5.69 Å². The highest BCUT2D eigenvalue weighted by Gasteiger charge is 2.20. The third kappa shape index (κ3) is 2.76. The number of phenols is 1. The van der Waals surface area contributed by atoms with Gasteiger partial charge in [0.15, 0.2) is 0 Å². The number of methoxy groups -OCH3 is 1. The second-order valence-electron chi connectivity index (χ2n) is 4.98. The van der Waals surface area contributed by atoms with Crippen molar-refractivity contribution in [2.75, 3.05) is 25.1 Å². The van der Waals surface area contributed by atoms with Crippen LogP contribution in [-0.2, 0) is 4.74 Å². The van der Waals surface area contributed by atoms with Crippen LogP contribution in [0.2, 0.25) is 0 Å². The Morgan fingerprint density at radius 3 is 2.89 bits per heavy atom. The predicted octanol–water partition coefficient (Wildman–Crippen LogP) is 2.03. The number of piperidine rings is 1. The van der Waals surface area contributed by atoms with E-state index in [9.17, 15) is 5.11 Å². The molecule has 1 aliphatic heterocycles. The summed E-state index contributed by atoms with van der Waals surface area (Å²) in [4.78, 5) is 2.25. The highest BCUT2D eigenvalue weighted by atomic mass is 16.5. The molecule has 2 atom stereocenters. The number of ether oxygens (including phenoxy) is 1. The number of rotatable bonds is 3. The number of hydrogen-bond donors (Lipinski definition) is 2. The molecule has 4 nitrogen and oxygen atoms in total. The average molecular weight is 250 g/mol. The fourth-order valence-electron chi connectivity index (χ4n) is 2.48. The van der Waals surface area contributed by atoms with Crippen molar-refractivity contribution in [2.24, 2.45) is 5.73 Å². The van der Waals surface area contributed by atoms with Crippen molar-refractivity contribution in [3.63, 3.8) is 0 Å². The van der Waals surface area contributed by atoms with E-state index in [1.54, 1.807) is 13.2 Å². The van der Waals surface area contributed by atoms with Gasteiger partial charge in [0.05, 0.1) is 6.10 Å².